The van der Waals surface area contributed by atoms with Gasteiger partial charge in [-0.3, -0.25) is 4.98 Å². The molecule has 1 atom stereocenters. The summed E-state index contributed by atoms with van der Waals surface area (Å²) in [6.45, 7) is 5.65. The zero-order valence-corrected chi connectivity index (χ0v) is 13.7. The van der Waals surface area contributed by atoms with Crippen molar-refractivity contribution in [2.24, 2.45) is 0 Å². The number of likely N-dealkylation sites (tertiary alicyclic amines) is 1. The van der Waals surface area contributed by atoms with Gasteiger partial charge in [-0.05, 0) is 56.6 Å². The van der Waals surface area contributed by atoms with E-state index in [1.54, 1.807) is 12.4 Å². The normalized spacial score (nSPS) is 19.2. The molecule has 0 radical (unpaired) electrons. The number of anilines is 1. The zero-order chi connectivity index (χ0) is 14.9. The summed E-state index contributed by atoms with van der Waals surface area (Å²) < 4.78 is 0. The van der Waals surface area contributed by atoms with Gasteiger partial charge in [0.2, 0.25) is 0 Å². The van der Waals surface area contributed by atoms with Gasteiger partial charge in [-0.15, -0.1) is 0 Å². The van der Waals surface area contributed by atoms with Crippen LogP contribution in [0.25, 0.3) is 0 Å². The van der Waals surface area contributed by atoms with Crippen LogP contribution >= 0.6 is 12.2 Å². The van der Waals surface area contributed by atoms with Crippen molar-refractivity contribution in [2.45, 2.75) is 45.1 Å². The molecule has 1 aliphatic heterocycles. The van der Waals surface area contributed by atoms with Crippen molar-refractivity contribution in [3.05, 3.63) is 24.5 Å². The van der Waals surface area contributed by atoms with Gasteiger partial charge in [0.05, 0.1) is 0 Å². The molecule has 0 aromatic carbocycles. The highest BCUT2D eigenvalue weighted by molar-refractivity contribution is 7.80. The maximum atomic E-state index is 5.30. The van der Waals surface area contributed by atoms with Gasteiger partial charge in [0.25, 0.3) is 0 Å². The van der Waals surface area contributed by atoms with Crippen molar-refractivity contribution in [3.8, 4) is 0 Å². The third-order valence-electron chi connectivity index (χ3n) is 4.07. The van der Waals surface area contributed by atoms with Crippen LogP contribution < -0.4 is 10.6 Å². The second-order valence-corrected chi connectivity index (χ2v) is 5.97. The summed E-state index contributed by atoms with van der Waals surface area (Å²) in [4.78, 5) is 6.63. The molecule has 2 heterocycles. The van der Waals surface area contributed by atoms with Gasteiger partial charge < -0.3 is 15.5 Å². The molecule has 2 N–H and O–H groups in total. The number of rotatable bonds is 6. The molecule has 1 aromatic heterocycles. The van der Waals surface area contributed by atoms with Gasteiger partial charge in [-0.2, -0.15) is 0 Å². The lowest BCUT2D eigenvalue weighted by molar-refractivity contribution is 0.143. The second kappa shape index (κ2) is 8.95. The van der Waals surface area contributed by atoms with Crippen LogP contribution in [0.3, 0.4) is 0 Å². The molecule has 0 aliphatic carbocycles. The Hall–Kier alpha value is -1.20. The van der Waals surface area contributed by atoms with Gasteiger partial charge in [-0.1, -0.05) is 13.3 Å². The molecule has 1 saturated heterocycles. The van der Waals surface area contributed by atoms with Gasteiger partial charge in [-0.25, -0.2) is 0 Å². The molecular formula is C16H26N4S. The van der Waals surface area contributed by atoms with E-state index in [-0.39, 0.29) is 0 Å². The third-order valence-corrected chi connectivity index (χ3v) is 4.31. The first-order valence-electron chi connectivity index (χ1n) is 7.98. The smallest absolute Gasteiger partial charge is 0.170 e. The molecule has 116 valence electrons. The minimum Gasteiger partial charge on any atom is -0.362 e. The number of hydrogen-bond donors (Lipinski definition) is 2. The van der Waals surface area contributed by atoms with Crippen molar-refractivity contribution in [3.63, 3.8) is 0 Å². The van der Waals surface area contributed by atoms with E-state index in [2.05, 4.69) is 27.4 Å². The Bertz CT molecular complexity index is 424. The molecule has 5 heteroatoms. The summed E-state index contributed by atoms with van der Waals surface area (Å²) >= 11 is 5.30. The van der Waals surface area contributed by atoms with Crippen molar-refractivity contribution < 1.29 is 0 Å². The van der Waals surface area contributed by atoms with Gasteiger partial charge in [0.1, 0.15) is 0 Å². The highest BCUT2D eigenvalue weighted by atomic mass is 32.1. The fourth-order valence-corrected chi connectivity index (χ4v) is 3.13. The van der Waals surface area contributed by atoms with Crippen LogP contribution in [-0.4, -0.2) is 40.7 Å². The topological polar surface area (TPSA) is 40.2 Å². The van der Waals surface area contributed by atoms with Gasteiger partial charge in [0, 0.05) is 37.2 Å². The Morgan fingerprint density at radius 1 is 1.38 bits per heavy atom. The molecule has 2 rings (SSSR count). The Labute approximate surface area is 133 Å². The van der Waals surface area contributed by atoms with Crippen LogP contribution in [0.15, 0.2) is 24.5 Å². The molecule has 21 heavy (non-hydrogen) atoms. The number of pyridine rings is 1. The molecule has 0 spiro atoms. The number of nitrogens with zero attached hydrogens (tertiary/aromatic N) is 2. The van der Waals surface area contributed by atoms with Gasteiger partial charge in [0.15, 0.2) is 5.11 Å². The number of nitrogens with one attached hydrogen (secondary N) is 2. The average molecular weight is 306 g/mol. The summed E-state index contributed by atoms with van der Waals surface area (Å²) in [5, 5.41) is 7.13. The minimum absolute atomic E-state index is 0.687. The van der Waals surface area contributed by atoms with E-state index < -0.39 is 0 Å². The molecule has 4 nitrogen and oxygen atoms in total. The maximum Gasteiger partial charge on any atom is 0.170 e. The molecule has 1 aromatic rings. The van der Waals surface area contributed by atoms with Crippen molar-refractivity contribution in [1.29, 1.82) is 0 Å². The van der Waals surface area contributed by atoms with E-state index >= 15 is 0 Å². The van der Waals surface area contributed by atoms with E-state index in [9.17, 15) is 0 Å². The zero-order valence-electron chi connectivity index (χ0n) is 12.8. The lowest BCUT2D eigenvalue weighted by Crippen LogP contribution is -2.40. The summed E-state index contributed by atoms with van der Waals surface area (Å²) in [6.07, 6.45) is 10.0. The van der Waals surface area contributed by atoms with Crippen molar-refractivity contribution in [1.82, 2.24) is 15.2 Å². The Kier molecular flexibility index (Phi) is 6.89. The summed E-state index contributed by atoms with van der Waals surface area (Å²) in [5.41, 5.74) is 0.976. The molecule has 0 amide bonds. The summed E-state index contributed by atoms with van der Waals surface area (Å²) in [5.74, 6) is 0. The fraction of sp³-hybridized carbons (Fsp3) is 0.625. The van der Waals surface area contributed by atoms with E-state index in [1.807, 2.05) is 12.1 Å². The largest absolute Gasteiger partial charge is 0.362 e. The number of aromatic nitrogens is 1. The molecule has 0 saturated carbocycles. The molecule has 1 fully saturated rings. The van der Waals surface area contributed by atoms with Crippen LogP contribution in [0.4, 0.5) is 5.69 Å². The number of piperidine rings is 1. The lowest BCUT2D eigenvalue weighted by atomic mass is 10.00. The van der Waals surface area contributed by atoms with Crippen LogP contribution in [0.1, 0.15) is 39.0 Å². The average Bonchev–Trinajstić information content (AvgIpc) is 2.53. The monoisotopic (exact) mass is 306 g/mol. The molecular weight excluding hydrogens is 280 g/mol. The van der Waals surface area contributed by atoms with Crippen LogP contribution in [0.2, 0.25) is 0 Å². The first kappa shape index (κ1) is 16.2. The lowest BCUT2D eigenvalue weighted by Gasteiger charge is -2.35. The van der Waals surface area contributed by atoms with Crippen molar-refractivity contribution >= 4 is 23.0 Å². The van der Waals surface area contributed by atoms with E-state index in [4.69, 9.17) is 12.2 Å². The van der Waals surface area contributed by atoms with Gasteiger partial charge >= 0.3 is 0 Å². The number of hydrogen-bond acceptors (Lipinski definition) is 3. The van der Waals surface area contributed by atoms with E-state index in [0.29, 0.717) is 5.11 Å². The standard InChI is InChI=1S/C16H26N4S/c1-2-15-6-3-4-12-20(15)13-5-9-18-16(21)19-14-7-10-17-11-8-14/h7-8,10-11,15H,2-6,9,12-13H2,1H3,(H2,17,18,19,21)/t15-/m0/s1. The molecule has 0 unspecified atom stereocenters. The Balaban J connectivity index is 1.61. The minimum atomic E-state index is 0.687. The maximum absolute atomic E-state index is 5.30. The van der Waals surface area contributed by atoms with Crippen LogP contribution in [0.5, 0.6) is 0 Å². The molecule has 1 aliphatic rings. The highest BCUT2D eigenvalue weighted by Crippen LogP contribution is 2.19. The molecule has 0 bridgehead atoms. The Morgan fingerprint density at radius 2 is 2.19 bits per heavy atom. The predicted octanol–water partition coefficient (Wildman–Crippen LogP) is 3.02. The van der Waals surface area contributed by atoms with Crippen molar-refractivity contribution in [2.75, 3.05) is 25.0 Å². The predicted molar refractivity (Wildman–Crippen MR) is 92.6 cm³/mol. The number of thiocarbonyl (C=S) groups is 1. The quantitative estimate of drug-likeness (QED) is 0.624. The first-order chi connectivity index (χ1) is 10.3. The Morgan fingerprint density at radius 3 is 2.95 bits per heavy atom. The SMILES string of the molecule is CC[C@H]1CCCCN1CCCNC(=S)Nc1ccncc1. The van der Waals surface area contributed by atoms with Crippen LogP contribution in [-0.2, 0) is 0 Å². The summed E-state index contributed by atoms with van der Waals surface area (Å²) in [7, 11) is 0. The highest BCUT2D eigenvalue weighted by Gasteiger charge is 2.19. The van der Waals surface area contributed by atoms with Crippen LogP contribution in [0, 0.1) is 0 Å². The first-order valence-corrected chi connectivity index (χ1v) is 8.39. The fourth-order valence-electron chi connectivity index (χ4n) is 2.91. The third kappa shape index (κ3) is 5.59. The van der Waals surface area contributed by atoms with E-state index in [0.717, 1.165) is 24.7 Å². The van der Waals surface area contributed by atoms with E-state index in [1.165, 1.54) is 38.8 Å². The summed E-state index contributed by atoms with van der Waals surface area (Å²) in [6, 6.07) is 4.61. The second-order valence-electron chi connectivity index (χ2n) is 5.56.